The van der Waals surface area contributed by atoms with Gasteiger partial charge in [0.05, 0.1) is 6.61 Å². The number of aliphatic hydroxyl groups is 1. The van der Waals surface area contributed by atoms with Crippen LogP contribution in [0, 0.1) is 0 Å². The maximum atomic E-state index is 13.9. The third-order valence-corrected chi connectivity index (χ3v) is 6.34. The lowest BCUT2D eigenvalue weighted by molar-refractivity contribution is -0.143. The summed E-state index contributed by atoms with van der Waals surface area (Å²) in [4.78, 5) is 41.7. The van der Waals surface area contributed by atoms with Crippen molar-refractivity contribution in [3.05, 3.63) is 42.0 Å². The highest BCUT2D eigenvalue weighted by Crippen LogP contribution is 2.25. The number of unbranched alkanes of at least 4 members (excludes halogenated alkanes) is 5. The van der Waals surface area contributed by atoms with E-state index in [1.165, 1.54) is 4.90 Å². The summed E-state index contributed by atoms with van der Waals surface area (Å²) in [6.45, 7) is 14.8. The molecule has 1 aromatic carbocycles. The molecule has 0 heterocycles. The lowest BCUT2D eigenvalue weighted by Crippen LogP contribution is -2.55. The van der Waals surface area contributed by atoms with Crippen molar-refractivity contribution in [1.82, 2.24) is 15.5 Å². The Labute approximate surface area is 235 Å². The van der Waals surface area contributed by atoms with Crippen LogP contribution in [0.4, 0.5) is 4.79 Å². The SMILES string of the molecule is C=Cc1cccc(C(C(=O)NC(C)CCC)N(CCCCCCCC)C(=O)C(CO)NC(=O)OC(C)(C)C)c1. The van der Waals surface area contributed by atoms with Crippen LogP contribution < -0.4 is 10.6 Å². The fraction of sp³-hybridized carbons (Fsp3) is 0.645. The lowest BCUT2D eigenvalue weighted by atomic mass is 9.99. The second-order valence-corrected chi connectivity index (χ2v) is 11.2. The summed E-state index contributed by atoms with van der Waals surface area (Å²) in [5, 5.41) is 15.7. The first-order valence-corrected chi connectivity index (χ1v) is 14.4. The number of benzene rings is 1. The van der Waals surface area contributed by atoms with Gasteiger partial charge in [-0.05, 0) is 57.7 Å². The molecular weight excluding hydrogens is 494 g/mol. The molecule has 0 saturated heterocycles. The molecule has 0 saturated carbocycles. The minimum atomic E-state index is -1.26. The number of nitrogens with zero attached hydrogens (tertiary/aromatic N) is 1. The van der Waals surface area contributed by atoms with E-state index in [9.17, 15) is 19.5 Å². The van der Waals surface area contributed by atoms with Gasteiger partial charge in [0, 0.05) is 12.6 Å². The van der Waals surface area contributed by atoms with Gasteiger partial charge in [-0.2, -0.15) is 0 Å². The zero-order chi connectivity index (χ0) is 29.4. The Balaban J connectivity index is 3.41. The van der Waals surface area contributed by atoms with Crippen LogP contribution in [-0.2, 0) is 14.3 Å². The first-order chi connectivity index (χ1) is 18.5. The highest BCUT2D eigenvalue weighted by molar-refractivity contribution is 5.92. The van der Waals surface area contributed by atoms with E-state index in [2.05, 4.69) is 31.1 Å². The van der Waals surface area contributed by atoms with Crippen LogP contribution in [0.2, 0.25) is 0 Å². The smallest absolute Gasteiger partial charge is 0.408 e. The molecule has 0 aliphatic heterocycles. The number of rotatable bonds is 17. The molecule has 39 heavy (non-hydrogen) atoms. The van der Waals surface area contributed by atoms with Crippen molar-refractivity contribution >= 4 is 24.0 Å². The predicted molar refractivity (Wildman–Crippen MR) is 157 cm³/mol. The number of alkyl carbamates (subject to hydrolysis) is 1. The quantitative estimate of drug-likeness (QED) is 0.216. The van der Waals surface area contributed by atoms with Gasteiger partial charge in [-0.15, -0.1) is 0 Å². The van der Waals surface area contributed by atoms with Gasteiger partial charge in [-0.25, -0.2) is 4.79 Å². The number of hydrogen-bond acceptors (Lipinski definition) is 5. The number of carbonyl (C=O) groups excluding carboxylic acids is 3. The number of carbonyl (C=O) groups is 3. The van der Waals surface area contributed by atoms with Gasteiger partial charge < -0.3 is 25.4 Å². The third kappa shape index (κ3) is 12.7. The van der Waals surface area contributed by atoms with E-state index in [0.29, 0.717) is 18.5 Å². The highest BCUT2D eigenvalue weighted by Gasteiger charge is 2.36. The molecule has 1 rings (SSSR count). The Hall–Kier alpha value is -2.87. The van der Waals surface area contributed by atoms with Crippen molar-refractivity contribution in [2.24, 2.45) is 0 Å². The van der Waals surface area contributed by atoms with Gasteiger partial charge in [-0.1, -0.05) is 83.2 Å². The molecule has 8 heteroatoms. The van der Waals surface area contributed by atoms with E-state index in [1.807, 2.05) is 31.2 Å². The van der Waals surface area contributed by atoms with Gasteiger partial charge in [0.1, 0.15) is 17.7 Å². The second-order valence-electron chi connectivity index (χ2n) is 11.2. The highest BCUT2D eigenvalue weighted by atomic mass is 16.6. The van der Waals surface area contributed by atoms with Crippen LogP contribution in [0.5, 0.6) is 0 Å². The fourth-order valence-electron chi connectivity index (χ4n) is 4.42. The van der Waals surface area contributed by atoms with E-state index >= 15 is 0 Å². The maximum Gasteiger partial charge on any atom is 0.408 e. The van der Waals surface area contributed by atoms with Crippen molar-refractivity contribution in [1.29, 1.82) is 0 Å². The average Bonchev–Trinajstić information content (AvgIpc) is 2.87. The zero-order valence-corrected chi connectivity index (χ0v) is 24.9. The standard InChI is InChI=1S/C31H51N3O5/c1-8-11-12-13-14-15-20-34(29(37)26(22-35)33-30(38)39-31(5,6)7)27(28(36)32-23(4)17-9-2)25-19-16-18-24(10-3)21-25/h10,16,18-19,21,23,26-27,35H,3,8-9,11-15,17,20,22H2,1-2,4-7H3,(H,32,36)(H,33,38). The molecule has 0 bridgehead atoms. The van der Waals surface area contributed by atoms with E-state index in [-0.39, 0.29) is 11.9 Å². The molecule has 0 spiro atoms. The van der Waals surface area contributed by atoms with Gasteiger partial charge >= 0.3 is 6.09 Å². The number of ether oxygens (including phenoxy) is 1. The molecule has 0 radical (unpaired) electrons. The number of amides is 3. The summed E-state index contributed by atoms with van der Waals surface area (Å²) in [5.74, 6) is -0.838. The van der Waals surface area contributed by atoms with Crippen LogP contribution >= 0.6 is 0 Å². The minimum absolute atomic E-state index is 0.0768. The van der Waals surface area contributed by atoms with E-state index in [0.717, 1.165) is 50.5 Å². The molecule has 0 fully saturated rings. The molecule has 1 aromatic rings. The number of hydrogen-bond donors (Lipinski definition) is 3. The minimum Gasteiger partial charge on any atom is -0.444 e. The molecule has 220 valence electrons. The Morgan fingerprint density at radius 3 is 2.31 bits per heavy atom. The topological polar surface area (TPSA) is 108 Å². The molecule has 3 amide bonds. The van der Waals surface area contributed by atoms with Crippen LogP contribution in [0.15, 0.2) is 30.8 Å². The normalized spacial score (nSPS) is 13.6. The summed E-state index contributed by atoms with van der Waals surface area (Å²) < 4.78 is 5.32. The molecule has 3 unspecified atom stereocenters. The van der Waals surface area contributed by atoms with Crippen LogP contribution in [0.25, 0.3) is 6.08 Å². The van der Waals surface area contributed by atoms with Crippen LogP contribution in [-0.4, -0.2) is 58.8 Å². The number of aliphatic hydroxyl groups excluding tert-OH is 1. The first-order valence-electron chi connectivity index (χ1n) is 14.4. The Kier molecular flexibility index (Phi) is 15.5. The van der Waals surface area contributed by atoms with Crippen LogP contribution in [0.3, 0.4) is 0 Å². The summed E-state index contributed by atoms with van der Waals surface area (Å²) in [6, 6.07) is 5.10. The van der Waals surface area contributed by atoms with Crippen molar-refractivity contribution < 1.29 is 24.2 Å². The van der Waals surface area contributed by atoms with Gasteiger partial charge in [-0.3, -0.25) is 9.59 Å². The molecule has 0 aromatic heterocycles. The molecule has 3 N–H and O–H groups in total. The average molecular weight is 546 g/mol. The fourth-order valence-corrected chi connectivity index (χ4v) is 4.42. The Morgan fingerprint density at radius 1 is 1.05 bits per heavy atom. The molecule has 0 aliphatic rings. The summed E-state index contributed by atoms with van der Waals surface area (Å²) in [5.41, 5.74) is 0.695. The molecular formula is C31H51N3O5. The predicted octanol–water partition coefficient (Wildman–Crippen LogP) is 5.75. The number of nitrogens with one attached hydrogen (secondary N) is 2. The third-order valence-electron chi connectivity index (χ3n) is 6.34. The Morgan fingerprint density at radius 2 is 1.72 bits per heavy atom. The van der Waals surface area contributed by atoms with Crippen molar-refractivity contribution in [3.8, 4) is 0 Å². The van der Waals surface area contributed by atoms with Gasteiger partial charge in [0.25, 0.3) is 0 Å². The second kappa shape index (κ2) is 17.7. The monoisotopic (exact) mass is 545 g/mol. The van der Waals surface area contributed by atoms with Crippen molar-refractivity contribution in [2.45, 2.75) is 117 Å². The van der Waals surface area contributed by atoms with Gasteiger partial charge in [0.2, 0.25) is 11.8 Å². The first kappa shape index (κ1) is 34.2. The molecule has 0 aliphatic carbocycles. The van der Waals surface area contributed by atoms with Crippen molar-refractivity contribution in [3.63, 3.8) is 0 Å². The van der Waals surface area contributed by atoms with E-state index in [1.54, 1.807) is 26.8 Å². The Bertz CT molecular complexity index is 912. The zero-order valence-electron chi connectivity index (χ0n) is 24.9. The van der Waals surface area contributed by atoms with Crippen LogP contribution in [0.1, 0.15) is 110 Å². The summed E-state index contributed by atoms with van der Waals surface area (Å²) >= 11 is 0. The largest absolute Gasteiger partial charge is 0.444 e. The molecule has 8 nitrogen and oxygen atoms in total. The summed E-state index contributed by atoms with van der Waals surface area (Å²) in [6.07, 6.45) is 8.63. The summed E-state index contributed by atoms with van der Waals surface area (Å²) in [7, 11) is 0. The van der Waals surface area contributed by atoms with Crippen molar-refractivity contribution in [2.75, 3.05) is 13.2 Å². The molecule has 3 atom stereocenters. The maximum absolute atomic E-state index is 13.9. The van der Waals surface area contributed by atoms with Gasteiger partial charge in [0.15, 0.2) is 0 Å². The lowest BCUT2D eigenvalue weighted by Gasteiger charge is -2.35. The van der Waals surface area contributed by atoms with E-state index < -0.39 is 36.3 Å². The van der Waals surface area contributed by atoms with E-state index in [4.69, 9.17) is 4.74 Å².